The van der Waals surface area contributed by atoms with Crippen LogP contribution in [-0.2, 0) is 4.79 Å². The highest BCUT2D eigenvalue weighted by Gasteiger charge is 2.21. The number of carboxylic acid groups (broad SMARTS) is 1. The van der Waals surface area contributed by atoms with Gasteiger partial charge in [0, 0.05) is 17.6 Å². The zero-order valence-electron chi connectivity index (χ0n) is 11.4. The predicted octanol–water partition coefficient (Wildman–Crippen LogP) is 3.16. The fraction of sp³-hybridized carbons (Fsp3) is 0.429. The number of carbonyl (C=O) groups excluding carboxylic acids is 1. The molecule has 0 saturated heterocycles. The molecule has 0 unspecified atom stereocenters. The number of halogens is 2. The number of amides is 1. The van der Waals surface area contributed by atoms with E-state index >= 15 is 0 Å². The topological polar surface area (TPSA) is 57.6 Å². The second-order valence-corrected chi connectivity index (χ2v) is 5.83. The Morgan fingerprint density at radius 1 is 1.40 bits per heavy atom. The molecule has 0 radical (unpaired) electrons. The first-order valence-electron chi connectivity index (χ1n) is 6.27. The van der Waals surface area contributed by atoms with Gasteiger partial charge in [-0.3, -0.25) is 9.59 Å². The average Bonchev–Trinajstić information content (AvgIpc) is 2.36. The number of hydrogen-bond acceptors (Lipinski definition) is 2. The summed E-state index contributed by atoms with van der Waals surface area (Å²) in [4.78, 5) is 24.4. The lowest BCUT2D eigenvalue weighted by atomic mass is 10.1. The van der Waals surface area contributed by atoms with Crippen LogP contribution >= 0.6 is 15.9 Å². The zero-order valence-corrected chi connectivity index (χ0v) is 13.0. The van der Waals surface area contributed by atoms with Crippen molar-refractivity contribution in [3.8, 4) is 0 Å². The van der Waals surface area contributed by atoms with Crippen LogP contribution in [0.5, 0.6) is 0 Å². The number of benzene rings is 1. The van der Waals surface area contributed by atoms with Crippen molar-refractivity contribution in [2.24, 2.45) is 5.92 Å². The molecule has 1 aromatic carbocycles. The van der Waals surface area contributed by atoms with Gasteiger partial charge in [0.25, 0.3) is 5.91 Å². The molecule has 0 aliphatic rings. The van der Waals surface area contributed by atoms with Crippen LogP contribution in [0.3, 0.4) is 0 Å². The fourth-order valence-corrected chi connectivity index (χ4v) is 2.14. The number of rotatable bonds is 6. The average molecular weight is 346 g/mol. The molecule has 0 spiro atoms. The molecule has 0 aliphatic carbocycles. The molecule has 110 valence electrons. The number of hydrogen-bond donors (Lipinski definition) is 1. The first-order valence-corrected chi connectivity index (χ1v) is 7.06. The van der Waals surface area contributed by atoms with Gasteiger partial charge in [0.05, 0.1) is 12.0 Å². The summed E-state index contributed by atoms with van der Waals surface area (Å²) in [5.74, 6) is -1.91. The predicted molar refractivity (Wildman–Crippen MR) is 77.1 cm³/mol. The molecule has 1 rings (SSSR count). The minimum absolute atomic E-state index is 0.0505. The van der Waals surface area contributed by atoms with Crippen LogP contribution in [0.2, 0.25) is 0 Å². The van der Waals surface area contributed by atoms with Gasteiger partial charge >= 0.3 is 5.97 Å². The second kappa shape index (κ2) is 7.38. The lowest BCUT2D eigenvalue weighted by Gasteiger charge is -2.24. The minimum Gasteiger partial charge on any atom is -0.481 e. The third kappa shape index (κ3) is 4.92. The second-order valence-electron chi connectivity index (χ2n) is 4.91. The summed E-state index contributed by atoms with van der Waals surface area (Å²) in [5.41, 5.74) is -0.0505. The van der Waals surface area contributed by atoms with Gasteiger partial charge in [0.15, 0.2) is 0 Å². The molecule has 4 nitrogen and oxygen atoms in total. The summed E-state index contributed by atoms with van der Waals surface area (Å²) >= 11 is 3.20. The first kappa shape index (κ1) is 16.6. The summed E-state index contributed by atoms with van der Waals surface area (Å²) in [7, 11) is 0. The number of carbonyl (C=O) groups is 2. The number of aliphatic carboxylic acids is 1. The third-order valence-corrected chi connectivity index (χ3v) is 3.12. The Morgan fingerprint density at radius 2 is 2.05 bits per heavy atom. The lowest BCUT2D eigenvalue weighted by Crippen LogP contribution is -2.36. The quantitative estimate of drug-likeness (QED) is 0.861. The van der Waals surface area contributed by atoms with Crippen molar-refractivity contribution in [2.45, 2.75) is 20.3 Å². The van der Waals surface area contributed by atoms with E-state index < -0.39 is 17.7 Å². The number of nitrogens with zero attached hydrogens (tertiary/aromatic N) is 1. The molecule has 0 aromatic heterocycles. The van der Waals surface area contributed by atoms with Gasteiger partial charge in [0.1, 0.15) is 5.82 Å². The van der Waals surface area contributed by atoms with E-state index in [4.69, 9.17) is 5.11 Å². The molecular formula is C14H17BrFNO3. The first-order chi connectivity index (χ1) is 9.31. The normalized spacial score (nSPS) is 10.7. The van der Waals surface area contributed by atoms with Gasteiger partial charge in [-0.2, -0.15) is 0 Å². The number of carboxylic acids is 1. The van der Waals surface area contributed by atoms with E-state index in [1.807, 2.05) is 13.8 Å². The SMILES string of the molecule is CC(C)CN(CCC(=O)O)C(=O)c1cc(Br)ccc1F. The molecule has 1 N–H and O–H groups in total. The maximum Gasteiger partial charge on any atom is 0.305 e. The third-order valence-electron chi connectivity index (χ3n) is 2.63. The summed E-state index contributed by atoms with van der Waals surface area (Å²) in [6.07, 6.45) is -0.159. The van der Waals surface area contributed by atoms with E-state index in [9.17, 15) is 14.0 Å². The van der Waals surface area contributed by atoms with E-state index in [1.165, 1.54) is 23.1 Å². The largest absolute Gasteiger partial charge is 0.481 e. The van der Waals surface area contributed by atoms with Crippen molar-refractivity contribution in [3.05, 3.63) is 34.1 Å². The molecule has 1 amide bonds. The van der Waals surface area contributed by atoms with Crippen molar-refractivity contribution in [1.82, 2.24) is 4.90 Å². The van der Waals surface area contributed by atoms with Crippen LogP contribution in [-0.4, -0.2) is 35.0 Å². The van der Waals surface area contributed by atoms with E-state index in [2.05, 4.69) is 15.9 Å². The Hall–Kier alpha value is -1.43. The monoisotopic (exact) mass is 345 g/mol. The van der Waals surface area contributed by atoms with E-state index in [1.54, 1.807) is 0 Å². The van der Waals surface area contributed by atoms with Crippen molar-refractivity contribution < 1.29 is 19.1 Å². The van der Waals surface area contributed by atoms with Crippen molar-refractivity contribution in [3.63, 3.8) is 0 Å². The van der Waals surface area contributed by atoms with Crippen molar-refractivity contribution >= 4 is 27.8 Å². The molecule has 1 aromatic rings. The van der Waals surface area contributed by atoms with Crippen LogP contribution in [0.25, 0.3) is 0 Å². The summed E-state index contributed by atoms with van der Waals surface area (Å²) < 4.78 is 14.3. The van der Waals surface area contributed by atoms with Crippen molar-refractivity contribution in [2.75, 3.05) is 13.1 Å². The Kier molecular flexibility index (Phi) is 6.13. The Bertz CT molecular complexity index is 505. The van der Waals surface area contributed by atoms with E-state index in [0.717, 1.165) is 0 Å². The van der Waals surface area contributed by atoms with Gasteiger partial charge in [-0.05, 0) is 24.1 Å². The summed E-state index contributed by atoms with van der Waals surface area (Å²) in [6, 6.07) is 4.13. The van der Waals surface area contributed by atoms with E-state index in [0.29, 0.717) is 11.0 Å². The highest BCUT2D eigenvalue weighted by molar-refractivity contribution is 9.10. The summed E-state index contributed by atoms with van der Waals surface area (Å²) in [5, 5.41) is 8.73. The Morgan fingerprint density at radius 3 is 2.60 bits per heavy atom. The highest BCUT2D eigenvalue weighted by atomic mass is 79.9. The zero-order chi connectivity index (χ0) is 15.3. The molecular weight excluding hydrogens is 329 g/mol. The molecule has 0 fully saturated rings. The van der Waals surface area contributed by atoms with Crippen LogP contribution in [0.15, 0.2) is 22.7 Å². The van der Waals surface area contributed by atoms with Crippen molar-refractivity contribution in [1.29, 1.82) is 0 Å². The van der Waals surface area contributed by atoms with Gasteiger partial charge in [-0.25, -0.2) is 4.39 Å². The molecule has 0 bridgehead atoms. The van der Waals surface area contributed by atoms with E-state index in [-0.39, 0.29) is 24.4 Å². The standard InChI is InChI=1S/C14H17BrFNO3/c1-9(2)8-17(6-5-13(18)19)14(20)11-7-10(15)3-4-12(11)16/h3-4,7,9H,5-6,8H2,1-2H3,(H,18,19). The highest BCUT2D eigenvalue weighted by Crippen LogP contribution is 2.18. The molecule has 20 heavy (non-hydrogen) atoms. The molecule has 0 saturated carbocycles. The molecule has 0 aliphatic heterocycles. The van der Waals surface area contributed by atoms with Crippen LogP contribution in [0.4, 0.5) is 4.39 Å². The maximum atomic E-state index is 13.7. The Labute approximate surface area is 125 Å². The van der Waals surface area contributed by atoms with Gasteiger partial charge < -0.3 is 10.0 Å². The minimum atomic E-state index is -0.985. The molecule has 0 heterocycles. The maximum absolute atomic E-state index is 13.7. The molecule has 0 atom stereocenters. The van der Waals surface area contributed by atoms with Gasteiger partial charge in [0.2, 0.25) is 0 Å². The molecule has 6 heteroatoms. The van der Waals surface area contributed by atoms with Gasteiger partial charge in [-0.15, -0.1) is 0 Å². The van der Waals surface area contributed by atoms with Crippen LogP contribution in [0, 0.1) is 11.7 Å². The lowest BCUT2D eigenvalue weighted by molar-refractivity contribution is -0.137. The summed E-state index contributed by atoms with van der Waals surface area (Å²) in [6.45, 7) is 4.28. The van der Waals surface area contributed by atoms with Gasteiger partial charge in [-0.1, -0.05) is 29.8 Å². The van der Waals surface area contributed by atoms with Crippen LogP contribution in [0.1, 0.15) is 30.6 Å². The Balaban J connectivity index is 2.96. The van der Waals surface area contributed by atoms with Crippen LogP contribution < -0.4 is 0 Å². The smallest absolute Gasteiger partial charge is 0.305 e. The fourth-order valence-electron chi connectivity index (χ4n) is 1.78.